The highest BCUT2D eigenvalue weighted by Crippen LogP contribution is 2.41. The van der Waals surface area contributed by atoms with Crippen LogP contribution in [0.4, 0.5) is 5.69 Å². The van der Waals surface area contributed by atoms with E-state index in [-0.39, 0.29) is 11.9 Å². The SMILES string of the molecule is C=C(C)/C(N=C(C)C(=O)NC1CCCCC1)=C(\N=CC)N1CC(CCNC)c2ccccc21. The van der Waals surface area contributed by atoms with Gasteiger partial charge in [0.2, 0.25) is 0 Å². The molecule has 1 aliphatic heterocycles. The molecule has 0 saturated heterocycles. The molecule has 3 rings (SSSR count). The number of hydrogen-bond acceptors (Lipinski definition) is 5. The number of carbonyl (C=O) groups is 1. The van der Waals surface area contributed by atoms with Crippen molar-refractivity contribution in [1.29, 1.82) is 0 Å². The van der Waals surface area contributed by atoms with Gasteiger partial charge >= 0.3 is 0 Å². The number of nitrogens with one attached hydrogen (secondary N) is 2. The molecule has 1 aromatic carbocycles. The summed E-state index contributed by atoms with van der Waals surface area (Å²) in [6.45, 7) is 11.6. The highest BCUT2D eigenvalue weighted by Gasteiger charge is 2.31. The molecule has 1 fully saturated rings. The van der Waals surface area contributed by atoms with E-state index in [1.807, 2.05) is 20.9 Å². The van der Waals surface area contributed by atoms with E-state index in [0.717, 1.165) is 49.4 Å². The fourth-order valence-corrected chi connectivity index (χ4v) is 4.73. The fraction of sp³-hybridized carbons (Fsp3) is 0.519. The van der Waals surface area contributed by atoms with Crippen LogP contribution in [0.15, 0.2) is 57.9 Å². The Hall–Kier alpha value is -2.73. The summed E-state index contributed by atoms with van der Waals surface area (Å²) in [6.07, 6.45) is 8.54. The number of rotatable bonds is 9. The lowest BCUT2D eigenvalue weighted by Crippen LogP contribution is -2.39. The Labute approximate surface area is 199 Å². The molecular weight excluding hydrogens is 410 g/mol. The Morgan fingerprint density at radius 3 is 2.61 bits per heavy atom. The summed E-state index contributed by atoms with van der Waals surface area (Å²) in [5, 5.41) is 6.44. The number of benzene rings is 1. The van der Waals surface area contributed by atoms with E-state index in [2.05, 4.69) is 46.4 Å². The van der Waals surface area contributed by atoms with Crippen molar-refractivity contribution in [3.63, 3.8) is 0 Å². The molecule has 1 aliphatic carbocycles. The second-order valence-corrected chi connectivity index (χ2v) is 9.10. The second-order valence-electron chi connectivity index (χ2n) is 9.10. The van der Waals surface area contributed by atoms with Gasteiger partial charge in [-0.05, 0) is 70.8 Å². The molecule has 1 atom stereocenters. The summed E-state index contributed by atoms with van der Waals surface area (Å²) in [7, 11) is 1.99. The largest absolute Gasteiger partial charge is 0.348 e. The molecule has 1 saturated carbocycles. The van der Waals surface area contributed by atoms with Crippen LogP contribution in [0.2, 0.25) is 0 Å². The lowest BCUT2D eigenvalue weighted by Gasteiger charge is -2.24. The number of hydrogen-bond donors (Lipinski definition) is 2. The highest BCUT2D eigenvalue weighted by molar-refractivity contribution is 6.38. The molecular formula is C27H39N5O. The first-order valence-electron chi connectivity index (χ1n) is 12.2. The first-order valence-corrected chi connectivity index (χ1v) is 12.2. The van der Waals surface area contributed by atoms with E-state index in [1.165, 1.54) is 24.8 Å². The Balaban J connectivity index is 1.95. The zero-order valence-corrected chi connectivity index (χ0v) is 20.7. The fourth-order valence-electron chi connectivity index (χ4n) is 4.73. The average Bonchev–Trinajstić information content (AvgIpc) is 3.18. The van der Waals surface area contributed by atoms with Gasteiger partial charge < -0.3 is 15.5 Å². The van der Waals surface area contributed by atoms with Crippen LogP contribution >= 0.6 is 0 Å². The summed E-state index contributed by atoms with van der Waals surface area (Å²) < 4.78 is 0. The monoisotopic (exact) mass is 449 g/mol. The van der Waals surface area contributed by atoms with Gasteiger partial charge in [-0.15, -0.1) is 0 Å². The number of anilines is 1. The van der Waals surface area contributed by atoms with Gasteiger partial charge in [0.25, 0.3) is 5.91 Å². The summed E-state index contributed by atoms with van der Waals surface area (Å²) >= 11 is 0. The number of nitrogens with zero attached hydrogens (tertiary/aromatic N) is 3. The second kappa shape index (κ2) is 11.9. The van der Waals surface area contributed by atoms with Gasteiger partial charge in [-0.2, -0.15) is 0 Å². The lowest BCUT2D eigenvalue weighted by molar-refractivity contribution is -0.115. The van der Waals surface area contributed by atoms with E-state index in [9.17, 15) is 4.79 Å². The maximum Gasteiger partial charge on any atom is 0.265 e. The maximum absolute atomic E-state index is 12.9. The maximum atomic E-state index is 12.9. The summed E-state index contributed by atoms with van der Waals surface area (Å²) in [4.78, 5) is 24.6. The summed E-state index contributed by atoms with van der Waals surface area (Å²) in [5.41, 5.74) is 4.37. The van der Waals surface area contributed by atoms with E-state index >= 15 is 0 Å². The van der Waals surface area contributed by atoms with Gasteiger partial charge in [0.1, 0.15) is 11.4 Å². The average molecular weight is 450 g/mol. The van der Waals surface area contributed by atoms with Crippen LogP contribution in [0.5, 0.6) is 0 Å². The third-order valence-corrected chi connectivity index (χ3v) is 6.48. The number of fused-ring (bicyclic) bond motifs is 1. The lowest BCUT2D eigenvalue weighted by atomic mass is 9.95. The van der Waals surface area contributed by atoms with Crippen molar-refractivity contribution in [2.24, 2.45) is 9.98 Å². The van der Waals surface area contributed by atoms with Crippen molar-refractivity contribution in [2.45, 2.75) is 71.3 Å². The van der Waals surface area contributed by atoms with Crippen molar-refractivity contribution < 1.29 is 4.79 Å². The van der Waals surface area contributed by atoms with Gasteiger partial charge in [-0.25, -0.2) is 9.98 Å². The van der Waals surface area contributed by atoms with Crippen LogP contribution in [0, 0.1) is 0 Å². The van der Waals surface area contributed by atoms with Crippen LogP contribution < -0.4 is 15.5 Å². The van der Waals surface area contributed by atoms with Crippen molar-refractivity contribution in [1.82, 2.24) is 10.6 Å². The predicted molar refractivity (Wildman–Crippen MR) is 139 cm³/mol. The van der Waals surface area contributed by atoms with Gasteiger partial charge in [-0.3, -0.25) is 4.79 Å². The normalized spacial score (nSPS) is 20.1. The number of carbonyl (C=O) groups excluding carboxylic acids is 1. The third kappa shape index (κ3) is 6.20. The van der Waals surface area contributed by atoms with Gasteiger partial charge in [0, 0.05) is 30.4 Å². The van der Waals surface area contributed by atoms with Gasteiger partial charge in [0.05, 0.1) is 0 Å². The molecule has 33 heavy (non-hydrogen) atoms. The Bertz CT molecular complexity index is 940. The minimum absolute atomic E-state index is 0.103. The summed E-state index contributed by atoms with van der Waals surface area (Å²) in [5.74, 6) is 1.05. The van der Waals surface area contributed by atoms with Crippen LogP contribution in [-0.2, 0) is 4.79 Å². The third-order valence-electron chi connectivity index (χ3n) is 6.48. The molecule has 1 unspecified atom stereocenters. The Morgan fingerprint density at radius 2 is 1.94 bits per heavy atom. The molecule has 178 valence electrons. The van der Waals surface area contributed by atoms with Crippen LogP contribution in [0.25, 0.3) is 0 Å². The molecule has 0 spiro atoms. The van der Waals surface area contributed by atoms with Crippen molar-refractivity contribution in [2.75, 3.05) is 25.0 Å². The molecule has 0 aromatic heterocycles. The van der Waals surface area contributed by atoms with E-state index < -0.39 is 0 Å². The quantitative estimate of drug-likeness (QED) is 0.414. The minimum Gasteiger partial charge on any atom is -0.348 e. The smallest absolute Gasteiger partial charge is 0.265 e. The van der Waals surface area contributed by atoms with E-state index in [4.69, 9.17) is 9.98 Å². The molecule has 1 heterocycles. The van der Waals surface area contributed by atoms with Crippen molar-refractivity contribution >= 4 is 23.5 Å². The van der Waals surface area contributed by atoms with Crippen molar-refractivity contribution in [3.05, 3.63) is 53.5 Å². The Morgan fingerprint density at radius 1 is 1.21 bits per heavy atom. The zero-order chi connectivity index (χ0) is 23.8. The van der Waals surface area contributed by atoms with Crippen LogP contribution in [0.1, 0.15) is 70.8 Å². The molecule has 1 amide bonds. The first kappa shape index (κ1) is 24.9. The first-order chi connectivity index (χ1) is 16.0. The van der Waals surface area contributed by atoms with Crippen molar-refractivity contribution in [3.8, 4) is 0 Å². The molecule has 6 nitrogen and oxygen atoms in total. The van der Waals surface area contributed by atoms with Gasteiger partial charge in [0.15, 0.2) is 5.82 Å². The number of aliphatic imine (C=N–C) groups is 2. The molecule has 2 aliphatic rings. The molecule has 6 heteroatoms. The minimum atomic E-state index is -0.103. The molecule has 0 radical (unpaired) electrons. The standard InChI is InChI=1S/C27H39N5O/c1-6-29-26(32-18-21(16-17-28-5)23-14-10-11-15-24(23)32)25(19(2)3)30-20(4)27(33)31-22-12-8-7-9-13-22/h6,10-11,14-15,21-22,28H,2,7-9,12-13,16-18H2,1,3-5H3,(H,31,33)/b26-25-,29-6?,30-20?. The predicted octanol–water partition coefficient (Wildman–Crippen LogP) is 4.95. The van der Waals surface area contributed by atoms with Crippen LogP contribution in [0.3, 0.4) is 0 Å². The number of amides is 1. The number of allylic oxidation sites excluding steroid dienone is 1. The topological polar surface area (TPSA) is 69.1 Å². The number of para-hydroxylation sites is 1. The van der Waals surface area contributed by atoms with Crippen LogP contribution in [-0.4, -0.2) is 44.0 Å². The molecule has 1 aromatic rings. The van der Waals surface area contributed by atoms with E-state index in [0.29, 0.717) is 17.3 Å². The molecule has 0 bridgehead atoms. The van der Waals surface area contributed by atoms with E-state index in [1.54, 1.807) is 13.1 Å². The Kier molecular flexibility index (Phi) is 9.01. The zero-order valence-electron chi connectivity index (χ0n) is 20.7. The highest BCUT2D eigenvalue weighted by atomic mass is 16.1. The van der Waals surface area contributed by atoms with Gasteiger partial charge in [-0.1, -0.05) is 44.0 Å². The molecule has 2 N–H and O–H groups in total. The summed E-state index contributed by atoms with van der Waals surface area (Å²) in [6, 6.07) is 8.75.